The van der Waals surface area contributed by atoms with Gasteiger partial charge in [0.05, 0.1) is 0 Å². The molecule has 0 saturated carbocycles. The van der Waals surface area contributed by atoms with Gasteiger partial charge < -0.3 is 14.2 Å². The van der Waals surface area contributed by atoms with Crippen LogP contribution in [0.1, 0.15) is 265 Å². The van der Waals surface area contributed by atoms with Gasteiger partial charge in [-0.3, -0.25) is 14.4 Å². The molecule has 0 aliphatic rings. The van der Waals surface area contributed by atoms with Crippen LogP contribution >= 0.6 is 0 Å². The third-order valence-electron chi connectivity index (χ3n) is 12.5. The highest BCUT2D eigenvalue weighted by Crippen LogP contribution is 2.15. The van der Waals surface area contributed by atoms with Gasteiger partial charge in [0.25, 0.3) is 0 Å². The van der Waals surface area contributed by atoms with E-state index in [2.05, 4.69) is 118 Å². The van der Waals surface area contributed by atoms with E-state index in [1.165, 1.54) is 89.9 Å². The third kappa shape index (κ3) is 58.6. The van der Waals surface area contributed by atoms with Crippen molar-refractivity contribution in [2.45, 2.75) is 271 Å². The van der Waals surface area contributed by atoms with Crippen molar-refractivity contribution in [3.05, 3.63) is 122 Å². The molecule has 0 spiro atoms. The van der Waals surface area contributed by atoms with Crippen molar-refractivity contribution in [2.24, 2.45) is 0 Å². The molecule has 0 aromatic carbocycles. The monoisotopic (exact) mass is 1010 g/mol. The predicted octanol–water partition coefficient (Wildman–Crippen LogP) is 20.4. The number of rotatable bonds is 53. The minimum Gasteiger partial charge on any atom is -0.462 e. The fourth-order valence-corrected chi connectivity index (χ4v) is 8.05. The molecule has 0 saturated heterocycles. The Morgan fingerprint density at radius 1 is 0.301 bits per heavy atom. The molecule has 1 unspecified atom stereocenters. The Morgan fingerprint density at radius 3 is 1.03 bits per heavy atom. The van der Waals surface area contributed by atoms with Gasteiger partial charge in [-0.15, -0.1) is 0 Å². The van der Waals surface area contributed by atoms with Gasteiger partial charge in [0.2, 0.25) is 0 Å². The van der Waals surface area contributed by atoms with E-state index in [4.69, 9.17) is 14.2 Å². The molecule has 414 valence electrons. The second-order valence-electron chi connectivity index (χ2n) is 19.6. The summed E-state index contributed by atoms with van der Waals surface area (Å²) in [5.41, 5.74) is 0. The minimum absolute atomic E-state index is 0.100. The highest BCUT2D eigenvalue weighted by atomic mass is 16.6. The van der Waals surface area contributed by atoms with E-state index >= 15 is 0 Å². The Balaban J connectivity index is 4.50. The lowest BCUT2D eigenvalue weighted by atomic mass is 10.1. The molecule has 73 heavy (non-hydrogen) atoms. The topological polar surface area (TPSA) is 78.9 Å². The van der Waals surface area contributed by atoms with Gasteiger partial charge >= 0.3 is 17.9 Å². The first-order chi connectivity index (χ1) is 36.0. The lowest BCUT2D eigenvalue weighted by Gasteiger charge is -2.18. The summed E-state index contributed by atoms with van der Waals surface area (Å²) in [5.74, 6) is -0.945. The molecule has 0 radical (unpaired) electrons. The Hall–Kier alpha value is -4.19. The molecule has 0 heterocycles. The first-order valence-corrected chi connectivity index (χ1v) is 30.1. The summed E-state index contributed by atoms with van der Waals surface area (Å²) < 4.78 is 16.9. The summed E-state index contributed by atoms with van der Waals surface area (Å²) in [4.78, 5) is 38.3. The van der Waals surface area contributed by atoms with Gasteiger partial charge in [-0.2, -0.15) is 0 Å². The number of carbonyl (C=O) groups is 3. The van der Waals surface area contributed by atoms with Gasteiger partial charge in [-0.1, -0.05) is 264 Å². The summed E-state index contributed by atoms with van der Waals surface area (Å²) >= 11 is 0. The first-order valence-electron chi connectivity index (χ1n) is 30.1. The van der Waals surface area contributed by atoms with Crippen molar-refractivity contribution < 1.29 is 28.6 Å². The van der Waals surface area contributed by atoms with Crippen molar-refractivity contribution in [1.82, 2.24) is 0 Å². The fraction of sp³-hybridized carbons (Fsp3) is 0.657. The molecule has 6 nitrogen and oxygen atoms in total. The summed E-state index contributed by atoms with van der Waals surface area (Å²) in [5, 5.41) is 0. The Kier molecular flexibility index (Phi) is 56.9. The Labute approximate surface area is 450 Å². The van der Waals surface area contributed by atoms with Crippen molar-refractivity contribution in [1.29, 1.82) is 0 Å². The van der Waals surface area contributed by atoms with Crippen molar-refractivity contribution >= 4 is 17.9 Å². The normalized spacial score (nSPS) is 13.0. The van der Waals surface area contributed by atoms with Crippen molar-refractivity contribution in [3.8, 4) is 0 Å². The maximum atomic E-state index is 12.9. The van der Waals surface area contributed by atoms with Crippen LogP contribution in [0.4, 0.5) is 0 Å². The van der Waals surface area contributed by atoms with Crippen LogP contribution in [0, 0.1) is 0 Å². The molecule has 0 rings (SSSR count). The number of hydrogen-bond acceptors (Lipinski definition) is 6. The summed E-state index contributed by atoms with van der Waals surface area (Å²) in [6.45, 7) is 6.41. The number of ether oxygens (including phenoxy) is 3. The number of hydrogen-bond donors (Lipinski definition) is 0. The zero-order valence-electron chi connectivity index (χ0n) is 47.4. The Bertz CT molecular complexity index is 1540. The summed E-state index contributed by atoms with van der Waals surface area (Å²) in [6, 6.07) is 0. The molecule has 0 aromatic heterocycles. The average Bonchev–Trinajstić information content (AvgIpc) is 3.39. The third-order valence-corrected chi connectivity index (χ3v) is 12.5. The van der Waals surface area contributed by atoms with Crippen LogP contribution in [-0.4, -0.2) is 37.2 Å². The number of carbonyl (C=O) groups excluding carboxylic acids is 3. The minimum atomic E-state index is -0.806. The van der Waals surface area contributed by atoms with E-state index in [0.717, 1.165) is 135 Å². The molecule has 0 amide bonds. The van der Waals surface area contributed by atoms with E-state index in [-0.39, 0.29) is 31.1 Å². The zero-order chi connectivity index (χ0) is 52.9. The van der Waals surface area contributed by atoms with Gasteiger partial charge in [0, 0.05) is 19.3 Å². The molecule has 1 atom stereocenters. The van der Waals surface area contributed by atoms with Gasteiger partial charge in [-0.25, -0.2) is 0 Å². The van der Waals surface area contributed by atoms with Crippen LogP contribution in [0.5, 0.6) is 0 Å². The number of esters is 3. The summed E-state index contributed by atoms with van der Waals surface area (Å²) in [7, 11) is 0. The average molecular weight is 1010 g/mol. The molecule has 0 aromatic rings. The van der Waals surface area contributed by atoms with E-state index in [1.807, 2.05) is 24.3 Å². The highest BCUT2D eigenvalue weighted by Gasteiger charge is 2.19. The smallest absolute Gasteiger partial charge is 0.306 e. The predicted molar refractivity (Wildman–Crippen MR) is 316 cm³/mol. The molecule has 0 N–H and O–H groups in total. The highest BCUT2D eigenvalue weighted by molar-refractivity contribution is 5.71. The van der Waals surface area contributed by atoms with Crippen molar-refractivity contribution in [2.75, 3.05) is 13.2 Å². The second-order valence-corrected chi connectivity index (χ2v) is 19.6. The number of allylic oxidation sites excluding steroid dienone is 20. The quantitative estimate of drug-likeness (QED) is 0.0199. The molecule has 0 aliphatic carbocycles. The van der Waals surface area contributed by atoms with Crippen LogP contribution in [0.2, 0.25) is 0 Å². The Morgan fingerprint density at radius 2 is 0.616 bits per heavy atom. The molecule has 6 heteroatoms. The van der Waals surface area contributed by atoms with Crippen LogP contribution in [0.15, 0.2) is 122 Å². The van der Waals surface area contributed by atoms with Gasteiger partial charge in [-0.05, 0) is 103 Å². The summed E-state index contributed by atoms with van der Waals surface area (Å²) in [6.07, 6.45) is 83.2. The molecular formula is C67H110O6. The standard InChI is InChI=1S/C67H110O6/c1-4-7-10-13-16-19-22-25-28-31-34-37-39-42-45-48-51-54-57-60-66(69)72-63-64(73-67(70)61-58-55-52-49-46-43-40-36-33-30-27-24-21-18-15-12-9-6-3)62-71-65(68)59-56-53-50-47-44-41-38-35-32-29-26-23-20-17-14-11-8-5-2/h7,10,12,15-16,18-19,21,24-25,27-28,30,33-38,40,64H,4-6,8-9,11,13-14,17,20,22-23,26,29,31-32,39,41-63H2,1-3H3/b10-7-,15-12-,19-16-,21-18-,27-24-,28-25-,33-30-,37-34-,38-35-,40-36-. The molecule has 0 bridgehead atoms. The van der Waals surface area contributed by atoms with E-state index < -0.39 is 6.10 Å². The molecular weight excluding hydrogens is 901 g/mol. The van der Waals surface area contributed by atoms with Gasteiger partial charge in [0.15, 0.2) is 6.10 Å². The second kappa shape index (κ2) is 60.4. The van der Waals surface area contributed by atoms with Gasteiger partial charge in [0.1, 0.15) is 13.2 Å². The van der Waals surface area contributed by atoms with Crippen molar-refractivity contribution in [3.63, 3.8) is 0 Å². The van der Waals surface area contributed by atoms with Crippen LogP contribution in [-0.2, 0) is 28.6 Å². The van der Waals surface area contributed by atoms with E-state index in [9.17, 15) is 14.4 Å². The lowest BCUT2D eigenvalue weighted by Crippen LogP contribution is -2.30. The zero-order valence-corrected chi connectivity index (χ0v) is 47.4. The van der Waals surface area contributed by atoms with Crippen LogP contribution < -0.4 is 0 Å². The SMILES string of the molecule is CC/C=C\C/C=C\C/C=C\C/C=C\CCCCCCCCC(=O)OCC(COC(=O)CCCCCCC/C=C\CCCCCCCCCCC)OC(=O)CCCCCCC\C=C/C=C\C=C/C=C\C=C/CCC. The largest absolute Gasteiger partial charge is 0.462 e. The van der Waals surface area contributed by atoms with E-state index in [1.54, 1.807) is 0 Å². The van der Waals surface area contributed by atoms with E-state index in [0.29, 0.717) is 19.3 Å². The fourth-order valence-electron chi connectivity index (χ4n) is 8.05. The molecule has 0 fully saturated rings. The van der Waals surface area contributed by atoms with Crippen LogP contribution in [0.25, 0.3) is 0 Å². The number of unbranched alkanes of at least 4 members (excludes halogenated alkanes) is 26. The maximum Gasteiger partial charge on any atom is 0.306 e. The first kappa shape index (κ1) is 68.8. The molecule has 0 aliphatic heterocycles. The maximum absolute atomic E-state index is 12.9. The lowest BCUT2D eigenvalue weighted by molar-refractivity contribution is -0.167. The van der Waals surface area contributed by atoms with Crippen LogP contribution in [0.3, 0.4) is 0 Å².